The van der Waals surface area contributed by atoms with Crippen molar-refractivity contribution >= 4 is 11.8 Å². The van der Waals surface area contributed by atoms with Gasteiger partial charge in [-0.2, -0.15) is 0 Å². The first-order valence-electron chi connectivity index (χ1n) is 7.43. The molecule has 0 saturated carbocycles. The summed E-state index contributed by atoms with van der Waals surface area (Å²) in [5, 5.41) is 14.7. The summed E-state index contributed by atoms with van der Waals surface area (Å²) in [6.07, 6.45) is 0. The molecule has 1 atom stereocenters. The first-order valence-corrected chi connectivity index (χ1v) is 7.43. The van der Waals surface area contributed by atoms with Crippen molar-refractivity contribution in [2.24, 2.45) is 0 Å². The van der Waals surface area contributed by atoms with Gasteiger partial charge in [-0.3, -0.25) is 9.59 Å². The lowest BCUT2D eigenvalue weighted by molar-refractivity contribution is -0.122. The highest BCUT2D eigenvalue weighted by atomic mass is 16.3. The lowest BCUT2D eigenvalue weighted by atomic mass is 10.1. The zero-order valence-corrected chi connectivity index (χ0v) is 13.0. The van der Waals surface area contributed by atoms with Crippen LogP contribution in [-0.4, -0.2) is 23.0 Å². The topological polar surface area (TPSA) is 78.4 Å². The summed E-state index contributed by atoms with van der Waals surface area (Å²) in [7, 11) is 0. The number of carbonyl (C=O) groups is 2. The van der Waals surface area contributed by atoms with Gasteiger partial charge in [0.25, 0.3) is 5.91 Å². The van der Waals surface area contributed by atoms with Crippen molar-refractivity contribution in [3.63, 3.8) is 0 Å². The molecule has 0 aliphatic carbocycles. The van der Waals surface area contributed by atoms with E-state index in [-0.39, 0.29) is 18.4 Å². The minimum absolute atomic E-state index is 0.0770. The summed E-state index contributed by atoms with van der Waals surface area (Å²) in [6, 6.07) is 15.4. The number of amides is 2. The van der Waals surface area contributed by atoms with Crippen LogP contribution in [0.4, 0.5) is 0 Å². The van der Waals surface area contributed by atoms with Crippen LogP contribution in [0.15, 0.2) is 54.6 Å². The third kappa shape index (κ3) is 4.66. The van der Waals surface area contributed by atoms with Crippen molar-refractivity contribution in [2.45, 2.75) is 26.1 Å². The molecule has 2 aromatic rings. The Bertz CT molecular complexity index is 671. The molecule has 120 valence electrons. The molecule has 1 unspecified atom stereocenters. The van der Waals surface area contributed by atoms with Crippen molar-refractivity contribution in [1.29, 1.82) is 0 Å². The largest absolute Gasteiger partial charge is 0.392 e. The van der Waals surface area contributed by atoms with Crippen molar-refractivity contribution in [3.8, 4) is 0 Å². The number of hydrogen-bond acceptors (Lipinski definition) is 3. The molecule has 5 nitrogen and oxygen atoms in total. The highest BCUT2D eigenvalue weighted by Gasteiger charge is 2.16. The smallest absolute Gasteiger partial charge is 0.251 e. The maximum Gasteiger partial charge on any atom is 0.251 e. The Balaban J connectivity index is 1.89. The first kappa shape index (κ1) is 16.7. The molecule has 3 N–H and O–H groups in total. The number of carbonyl (C=O) groups excluding carboxylic acids is 2. The van der Waals surface area contributed by atoms with E-state index in [0.717, 1.165) is 11.1 Å². The predicted molar refractivity (Wildman–Crippen MR) is 87.6 cm³/mol. The zero-order valence-electron chi connectivity index (χ0n) is 13.0. The predicted octanol–water partition coefficient (Wildman–Crippen LogP) is 1.61. The fourth-order valence-electron chi connectivity index (χ4n) is 2.15. The van der Waals surface area contributed by atoms with Gasteiger partial charge in [-0.25, -0.2) is 0 Å². The monoisotopic (exact) mass is 312 g/mol. The van der Waals surface area contributed by atoms with E-state index in [4.69, 9.17) is 0 Å². The molecule has 0 bridgehead atoms. The molecule has 2 rings (SSSR count). The molecular formula is C18H20N2O3. The summed E-state index contributed by atoms with van der Waals surface area (Å²) in [5.41, 5.74) is 2.14. The van der Waals surface area contributed by atoms with E-state index in [1.54, 1.807) is 31.2 Å². The Morgan fingerprint density at radius 3 is 2.26 bits per heavy atom. The van der Waals surface area contributed by atoms with E-state index in [1.807, 2.05) is 30.3 Å². The van der Waals surface area contributed by atoms with Gasteiger partial charge >= 0.3 is 0 Å². The Morgan fingerprint density at radius 2 is 1.61 bits per heavy atom. The molecule has 2 aromatic carbocycles. The highest BCUT2D eigenvalue weighted by Crippen LogP contribution is 2.08. The van der Waals surface area contributed by atoms with Gasteiger partial charge < -0.3 is 15.7 Å². The third-order valence-corrected chi connectivity index (χ3v) is 3.52. The van der Waals surface area contributed by atoms with Crippen molar-refractivity contribution in [1.82, 2.24) is 10.6 Å². The summed E-state index contributed by atoms with van der Waals surface area (Å²) >= 11 is 0. The molecule has 0 saturated heterocycles. The van der Waals surface area contributed by atoms with E-state index < -0.39 is 6.04 Å². The minimum Gasteiger partial charge on any atom is -0.392 e. The van der Waals surface area contributed by atoms with Crippen molar-refractivity contribution in [2.75, 3.05) is 0 Å². The van der Waals surface area contributed by atoms with Crippen molar-refractivity contribution < 1.29 is 14.7 Å². The van der Waals surface area contributed by atoms with Crippen LogP contribution in [-0.2, 0) is 17.9 Å². The number of hydrogen-bond donors (Lipinski definition) is 3. The molecule has 0 radical (unpaired) electrons. The van der Waals surface area contributed by atoms with Gasteiger partial charge in [0.2, 0.25) is 5.91 Å². The van der Waals surface area contributed by atoms with E-state index in [0.29, 0.717) is 12.1 Å². The van der Waals surface area contributed by atoms with Gasteiger partial charge in [0.15, 0.2) is 0 Å². The molecule has 0 heterocycles. The zero-order chi connectivity index (χ0) is 16.7. The average molecular weight is 312 g/mol. The van der Waals surface area contributed by atoms with E-state index >= 15 is 0 Å². The van der Waals surface area contributed by atoms with Gasteiger partial charge in [0, 0.05) is 12.1 Å². The van der Waals surface area contributed by atoms with Crippen LogP contribution < -0.4 is 10.6 Å². The van der Waals surface area contributed by atoms with Gasteiger partial charge in [-0.05, 0) is 30.2 Å². The molecular weight excluding hydrogens is 292 g/mol. The molecule has 0 aliphatic rings. The second kappa shape index (κ2) is 8.10. The molecule has 23 heavy (non-hydrogen) atoms. The highest BCUT2D eigenvalue weighted by molar-refractivity contribution is 5.97. The second-order valence-electron chi connectivity index (χ2n) is 5.21. The Morgan fingerprint density at radius 1 is 1.00 bits per heavy atom. The molecule has 0 spiro atoms. The Labute approximate surface area is 135 Å². The van der Waals surface area contributed by atoms with Crippen molar-refractivity contribution in [3.05, 3.63) is 71.3 Å². The van der Waals surface area contributed by atoms with E-state index in [9.17, 15) is 14.7 Å². The Hall–Kier alpha value is -2.66. The lowest BCUT2D eigenvalue weighted by Crippen LogP contribution is -2.44. The molecule has 0 aliphatic heterocycles. The van der Waals surface area contributed by atoms with E-state index in [1.165, 1.54) is 0 Å². The number of aliphatic hydroxyl groups is 1. The van der Waals surface area contributed by atoms with Gasteiger partial charge in [-0.1, -0.05) is 42.5 Å². The van der Waals surface area contributed by atoms with Crippen LogP contribution in [0.2, 0.25) is 0 Å². The quantitative estimate of drug-likeness (QED) is 0.758. The molecule has 0 aromatic heterocycles. The number of rotatable bonds is 6. The standard InChI is InChI=1S/C18H20N2O3/c1-13(20-18(23)14-7-3-2-4-8-14)17(22)19-11-15-9-5-6-10-16(15)12-21/h2-10,13,21H,11-12H2,1H3,(H,19,22)(H,20,23). The summed E-state index contributed by atoms with van der Waals surface area (Å²) < 4.78 is 0. The first-order chi connectivity index (χ1) is 11.1. The average Bonchev–Trinajstić information content (AvgIpc) is 2.60. The van der Waals surface area contributed by atoms with Crippen LogP contribution in [0.1, 0.15) is 28.4 Å². The molecule has 2 amide bonds. The Kier molecular flexibility index (Phi) is 5.88. The molecule has 5 heteroatoms. The number of nitrogens with one attached hydrogen (secondary N) is 2. The SMILES string of the molecule is CC(NC(=O)c1ccccc1)C(=O)NCc1ccccc1CO. The van der Waals surface area contributed by atoms with Crippen LogP contribution in [0.3, 0.4) is 0 Å². The second-order valence-corrected chi connectivity index (χ2v) is 5.21. The minimum atomic E-state index is -0.649. The van der Waals surface area contributed by atoms with Crippen LogP contribution in [0, 0.1) is 0 Å². The maximum atomic E-state index is 12.1. The summed E-state index contributed by atoms with van der Waals surface area (Å²) in [4.78, 5) is 24.1. The maximum absolute atomic E-state index is 12.1. The molecule has 0 fully saturated rings. The number of aliphatic hydroxyl groups excluding tert-OH is 1. The van der Waals surface area contributed by atoms with Crippen LogP contribution in [0.25, 0.3) is 0 Å². The van der Waals surface area contributed by atoms with Gasteiger partial charge in [0.05, 0.1) is 6.61 Å². The summed E-state index contributed by atoms with van der Waals surface area (Å²) in [5.74, 6) is -0.564. The van der Waals surface area contributed by atoms with Gasteiger partial charge in [-0.15, -0.1) is 0 Å². The normalized spacial score (nSPS) is 11.6. The van der Waals surface area contributed by atoms with Crippen LogP contribution in [0.5, 0.6) is 0 Å². The lowest BCUT2D eigenvalue weighted by Gasteiger charge is -2.15. The number of benzene rings is 2. The van der Waals surface area contributed by atoms with Gasteiger partial charge in [0.1, 0.15) is 6.04 Å². The fraction of sp³-hybridized carbons (Fsp3) is 0.222. The fourth-order valence-corrected chi connectivity index (χ4v) is 2.15. The van der Waals surface area contributed by atoms with E-state index in [2.05, 4.69) is 10.6 Å². The summed E-state index contributed by atoms with van der Waals surface area (Å²) in [6.45, 7) is 1.86. The van der Waals surface area contributed by atoms with Crippen LogP contribution >= 0.6 is 0 Å². The third-order valence-electron chi connectivity index (χ3n) is 3.52.